The molecule has 2 aliphatic heterocycles. The van der Waals surface area contributed by atoms with Crippen LogP contribution in [-0.2, 0) is 13.5 Å². The fourth-order valence-corrected chi connectivity index (χ4v) is 3.66. The smallest absolute Gasteiger partial charge is 0.317 e. The van der Waals surface area contributed by atoms with Crippen LogP contribution in [0.25, 0.3) is 0 Å². The van der Waals surface area contributed by atoms with E-state index >= 15 is 0 Å². The lowest BCUT2D eigenvalue weighted by Gasteiger charge is -2.49. The van der Waals surface area contributed by atoms with E-state index in [2.05, 4.69) is 27.8 Å². The minimum Gasteiger partial charge on any atom is -0.354 e. The Kier molecular flexibility index (Phi) is 4.71. The second kappa shape index (κ2) is 6.73. The third kappa shape index (κ3) is 3.29. The van der Waals surface area contributed by atoms with E-state index in [1.807, 2.05) is 24.2 Å². The summed E-state index contributed by atoms with van der Waals surface area (Å²) in [6.45, 7) is 6.01. The number of aromatic nitrogens is 1. The minimum atomic E-state index is 0.0927. The molecule has 1 N–H and O–H groups in total. The van der Waals surface area contributed by atoms with Crippen LogP contribution in [0.1, 0.15) is 31.9 Å². The Morgan fingerprint density at radius 1 is 1.36 bits per heavy atom. The molecule has 0 unspecified atom stereocenters. The average molecular weight is 304 g/mol. The van der Waals surface area contributed by atoms with Crippen molar-refractivity contribution in [2.45, 2.75) is 44.7 Å². The molecular weight excluding hydrogens is 276 g/mol. The number of rotatable bonds is 4. The Labute approximate surface area is 133 Å². The van der Waals surface area contributed by atoms with Gasteiger partial charge in [-0.2, -0.15) is 0 Å². The van der Waals surface area contributed by atoms with Crippen molar-refractivity contribution in [3.63, 3.8) is 0 Å². The number of hydrogen-bond donors (Lipinski definition) is 1. The van der Waals surface area contributed by atoms with Crippen LogP contribution in [-0.4, -0.2) is 58.7 Å². The van der Waals surface area contributed by atoms with Gasteiger partial charge < -0.3 is 14.8 Å². The molecule has 0 bridgehead atoms. The van der Waals surface area contributed by atoms with Gasteiger partial charge in [-0.15, -0.1) is 0 Å². The van der Waals surface area contributed by atoms with E-state index in [0.717, 1.165) is 19.5 Å². The zero-order valence-electron chi connectivity index (χ0n) is 13.8. The topological polar surface area (TPSA) is 40.5 Å². The standard InChI is InChI=1S/C17H28N4O/c1-14-6-3-4-11-21(14)16-12-20(13-16)17(22)18-9-8-15-7-5-10-19(15)2/h5,7,10,14,16H,3-4,6,8-9,11-13H2,1-2H3,(H,18,22)/t14-/m1/s1. The molecule has 3 heterocycles. The van der Waals surface area contributed by atoms with Crippen molar-refractivity contribution in [2.75, 3.05) is 26.2 Å². The number of nitrogens with one attached hydrogen (secondary N) is 1. The third-order valence-corrected chi connectivity index (χ3v) is 5.18. The van der Waals surface area contributed by atoms with Gasteiger partial charge in [0.1, 0.15) is 0 Å². The minimum absolute atomic E-state index is 0.0927. The second-order valence-corrected chi connectivity index (χ2v) is 6.73. The number of hydrogen-bond acceptors (Lipinski definition) is 2. The normalized spacial score (nSPS) is 23.4. The maximum Gasteiger partial charge on any atom is 0.317 e. The first-order valence-corrected chi connectivity index (χ1v) is 8.54. The predicted octanol–water partition coefficient (Wildman–Crippen LogP) is 1.84. The molecule has 2 amide bonds. The van der Waals surface area contributed by atoms with Crippen LogP contribution in [0.2, 0.25) is 0 Å². The number of aryl methyl sites for hydroxylation is 1. The van der Waals surface area contributed by atoms with E-state index in [9.17, 15) is 4.79 Å². The molecule has 0 spiro atoms. The van der Waals surface area contributed by atoms with Gasteiger partial charge in [0.05, 0.1) is 0 Å². The van der Waals surface area contributed by atoms with Gasteiger partial charge in [-0.1, -0.05) is 6.42 Å². The molecule has 0 aliphatic carbocycles. The lowest BCUT2D eigenvalue weighted by Crippen LogP contribution is -2.65. The van der Waals surface area contributed by atoms with Gasteiger partial charge in [0.25, 0.3) is 0 Å². The Bertz CT molecular complexity index is 507. The van der Waals surface area contributed by atoms with Gasteiger partial charge in [0.2, 0.25) is 0 Å². The maximum absolute atomic E-state index is 12.1. The van der Waals surface area contributed by atoms with Crippen LogP contribution in [0, 0.1) is 0 Å². The van der Waals surface area contributed by atoms with Crippen molar-refractivity contribution in [1.29, 1.82) is 0 Å². The summed E-state index contributed by atoms with van der Waals surface area (Å²) in [7, 11) is 2.04. The van der Waals surface area contributed by atoms with Crippen LogP contribution >= 0.6 is 0 Å². The van der Waals surface area contributed by atoms with Gasteiger partial charge in [0, 0.05) is 57.1 Å². The number of carbonyl (C=O) groups is 1. The number of likely N-dealkylation sites (tertiary alicyclic amines) is 2. The highest BCUT2D eigenvalue weighted by atomic mass is 16.2. The van der Waals surface area contributed by atoms with Crippen LogP contribution in [0.4, 0.5) is 4.79 Å². The summed E-state index contributed by atoms with van der Waals surface area (Å²) in [5, 5.41) is 3.04. The molecule has 0 aromatic carbocycles. The maximum atomic E-state index is 12.1. The Morgan fingerprint density at radius 3 is 2.86 bits per heavy atom. The first-order chi connectivity index (χ1) is 10.6. The number of urea groups is 1. The summed E-state index contributed by atoms with van der Waals surface area (Å²) in [6.07, 6.45) is 6.89. The summed E-state index contributed by atoms with van der Waals surface area (Å²) >= 11 is 0. The average Bonchev–Trinajstić information content (AvgIpc) is 2.85. The summed E-state index contributed by atoms with van der Waals surface area (Å²) < 4.78 is 2.10. The first-order valence-electron chi connectivity index (χ1n) is 8.54. The molecule has 0 saturated carbocycles. The lowest BCUT2D eigenvalue weighted by atomic mass is 9.98. The SMILES string of the molecule is C[C@@H]1CCCCN1C1CN(C(=O)NCCc2cccn2C)C1. The molecule has 1 aromatic heterocycles. The highest BCUT2D eigenvalue weighted by Crippen LogP contribution is 2.24. The predicted molar refractivity (Wildman–Crippen MR) is 87.9 cm³/mol. The number of piperidine rings is 1. The van der Waals surface area contributed by atoms with Crippen molar-refractivity contribution >= 4 is 6.03 Å². The van der Waals surface area contributed by atoms with E-state index in [-0.39, 0.29) is 6.03 Å². The van der Waals surface area contributed by atoms with E-state index in [4.69, 9.17) is 0 Å². The quantitative estimate of drug-likeness (QED) is 0.922. The summed E-state index contributed by atoms with van der Waals surface area (Å²) in [4.78, 5) is 16.7. The van der Waals surface area contributed by atoms with Gasteiger partial charge in [-0.3, -0.25) is 4.90 Å². The molecule has 2 aliphatic rings. The van der Waals surface area contributed by atoms with Crippen molar-refractivity contribution in [3.05, 3.63) is 24.0 Å². The first kappa shape index (κ1) is 15.4. The monoisotopic (exact) mass is 304 g/mol. The van der Waals surface area contributed by atoms with E-state index in [0.29, 0.717) is 18.6 Å². The fourth-order valence-electron chi connectivity index (χ4n) is 3.66. The van der Waals surface area contributed by atoms with E-state index in [1.165, 1.54) is 31.5 Å². The van der Waals surface area contributed by atoms with Crippen LogP contribution < -0.4 is 5.32 Å². The van der Waals surface area contributed by atoms with Crippen molar-refractivity contribution in [1.82, 2.24) is 19.7 Å². The van der Waals surface area contributed by atoms with Gasteiger partial charge in [-0.05, 0) is 38.4 Å². The molecule has 22 heavy (non-hydrogen) atoms. The highest BCUT2D eigenvalue weighted by molar-refractivity contribution is 5.75. The molecule has 1 atom stereocenters. The Balaban J connectivity index is 1.37. The Morgan fingerprint density at radius 2 is 2.18 bits per heavy atom. The molecule has 122 valence electrons. The Hall–Kier alpha value is -1.49. The van der Waals surface area contributed by atoms with Crippen LogP contribution in [0.3, 0.4) is 0 Å². The molecular formula is C17H28N4O. The molecule has 5 heteroatoms. The molecule has 0 radical (unpaired) electrons. The second-order valence-electron chi connectivity index (χ2n) is 6.73. The number of carbonyl (C=O) groups excluding carboxylic acids is 1. The summed E-state index contributed by atoms with van der Waals surface area (Å²) in [6, 6.07) is 5.49. The third-order valence-electron chi connectivity index (χ3n) is 5.18. The van der Waals surface area contributed by atoms with Gasteiger partial charge >= 0.3 is 6.03 Å². The molecule has 2 fully saturated rings. The largest absolute Gasteiger partial charge is 0.354 e. The van der Waals surface area contributed by atoms with Gasteiger partial charge in [0.15, 0.2) is 0 Å². The molecule has 5 nitrogen and oxygen atoms in total. The van der Waals surface area contributed by atoms with Crippen LogP contribution in [0.15, 0.2) is 18.3 Å². The van der Waals surface area contributed by atoms with Gasteiger partial charge in [-0.25, -0.2) is 4.79 Å². The summed E-state index contributed by atoms with van der Waals surface area (Å²) in [5.41, 5.74) is 1.25. The molecule has 2 saturated heterocycles. The summed E-state index contributed by atoms with van der Waals surface area (Å²) in [5.74, 6) is 0. The zero-order chi connectivity index (χ0) is 15.5. The van der Waals surface area contributed by atoms with Crippen LogP contribution in [0.5, 0.6) is 0 Å². The van der Waals surface area contributed by atoms with Crippen molar-refractivity contribution in [2.24, 2.45) is 7.05 Å². The molecule has 3 rings (SSSR count). The molecule has 1 aromatic rings. The highest BCUT2D eigenvalue weighted by Gasteiger charge is 2.37. The lowest BCUT2D eigenvalue weighted by molar-refractivity contribution is 0.0170. The number of nitrogens with zero attached hydrogens (tertiary/aromatic N) is 3. The van der Waals surface area contributed by atoms with E-state index in [1.54, 1.807) is 0 Å². The zero-order valence-corrected chi connectivity index (χ0v) is 13.8. The fraction of sp³-hybridized carbons (Fsp3) is 0.706. The van der Waals surface area contributed by atoms with E-state index < -0.39 is 0 Å². The van der Waals surface area contributed by atoms with Crippen molar-refractivity contribution in [3.8, 4) is 0 Å². The number of amides is 2. The van der Waals surface area contributed by atoms with Crippen molar-refractivity contribution < 1.29 is 4.79 Å².